The third-order valence-corrected chi connectivity index (χ3v) is 3.44. The highest BCUT2D eigenvalue weighted by molar-refractivity contribution is 5.31. The van der Waals surface area contributed by atoms with Crippen molar-refractivity contribution >= 4 is 0 Å². The standard InChI is InChI=1S/C16H16F2O/c1-16(2,12-6-8-13(17)9-7-12)15(19)11-4-3-5-14(18)10-11/h3-10,15,19H,1-2H3. The van der Waals surface area contributed by atoms with Gasteiger partial charge in [-0.25, -0.2) is 8.78 Å². The summed E-state index contributed by atoms with van der Waals surface area (Å²) in [5.41, 5.74) is 0.668. The predicted octanol–water partition coefficient (Wildman–Crippen LogP) is 3.98. The lowest BCUT2D eigenvalue weighted by atomic mass is 9.77. The van der Waals surface area contributed by atoms with E-state index in [1.54, 1.807) is 24.3 Å². The van der Waals surface area contributed by atoms with E-state index < -0.39 is 11.5 Å². The molecule has 1 nitrogen and oxygen atoms in total. The zero-order chi connectivity index (χ0) is 14.0. The molecule has 19 heavy (non-hydrogen) atoms. The summed E-state index contributed by atoms with van der Waals surface area (Å²) in [6.07, 6.45) is -0.867. The van der Waals surface area contributed by atoms with E-state index in [-0.39, 0.29) is 11.6 Å². The second-order valence-electron chi connectivity index (χ2n) is 5.19. The Labute approximate surface area is 111 Å². The zero-order valence-electron chi connectivity index (χ0n) is 10.9. The third-order valence-electron chi connectivity index (χ3n) is 3.44. The fraction of sp³-hybridized carbons (Fsp3) is 0.250. The number of benzene rings is 2. The Morgan fingerprint density at radius 1 is 0.947 bits per heavy atom. The van der Waals surface area contributed by atoms with Gasteiger partial charge in [-0.3, -0.25) is 0 Å². The van der Waals surface area contributed by atoms with Crippen LogP contribution in [0, 0.1) is 11.6 Å². The summed E-state index contributed by atoms with van der Waals surface area (Å²) in [5, 5.41) is 10.4. The number of hydrogen-bond acceptors (Lipinski definition) is 1. The third kappa shape index (κ3) is 2.82. The quantitative estimate of drug-likeness (QED) is 0.887. The van der Waals surface area contributed by atoms with Crippen LogP contribution in [0.1, 0.15) is 31.1 Å². The molecule has 1 N–H and O–H groups in total. The average Bonchev–Trinajstić information content (AvgIpc) is 2.38. The van der Waals surface area contributed by atoms with Crippen LogP contribution in [0.5, 0.6) is 0 Å². The SMILES string of the molecule is CC(C)(c1ccc(F)cc1)C(O)c1cccc(F)c1. The van der Waals surface area contributed by atoms with Gasteiger partial charge in [0, 0.05) is 5.41 Å². The molecule has 0 saturated heterocycles. The van der Waals surface area contributed by atoms with E-state index in [9.17, 15) is 13.9 Å². The van der Waals surface area contributed by atoms with Gasteiger partial charge in [-0.2, -0.15) is 0 Å². The van der Waals surface area contributed by atoms with Crippen LogP contribution < -0.4 is 0 Å². The molecule has 0 aliphatic rings. The van der Waals surface area contributed by atoms with E-state index in [2.05, 4.69) is 0 Å². The van der Waals surface area contributed by atoms with E-state index in [1.165, 1.54) is 24.3 Å². The van der Waals surface area contributed by atoms with Crippen LogP contribution in [0.2, 0.25) is 0 Å². The molecule has 2 aromatic carbocycles. The van der Waals surface area contributed by atoms with Crippen molar-refractivity contribution < 1.29 is 13.9 Å². The van der Waals surface area contributed by atoms with Crippen molar-refractivity contribution in [3.8, 4) is 0 Å². The Morgan fingerprint density at radius 3 is 2.16 bits per heavy atom. The maximum absolute atomic E-state index is 13.2. The Hall–Kier alpha value is -1.74. The minimum absolute atomic E-state index is 0.320. The monoisotopic (exact) mass is 262 g/mol. The van der Waals surface area contributed by atoms with Gasteiger partial charge in [0.1, 0.15) is 11.6 Å². The van der Waals surface area contributed by atoms with Crippen molar-refractivity contribution in [3.63, 3.8) is 0 Å². The van der Waals surface area contributed by atoms with Gasteiger partial charge in [0.05, 0.1) is 6.10 Å². The molecule has 1 atom stereocenters. The molecule has 0 aromatic heterocycles. The van der Waals surface area contributed by atoms with Crippen LogP contribution in [0.4, 0.5) is 8.78 Å². The van der Waals surface area contributed by atoms with Gasteiger partial charge < -0.3 is 5.11 Å². The van der Waals surface area contributed by atoms with Gasteiger partial charge in [-0.05, 0) is 35.4 Å². The lowest BCUT2D eigenvalue weighted by molar-refractivity contribution is 0.0999. The summed E-state index contributed by atoms with van der Waals surface area (Å²) in [6, 6.07) is 11.9. The van der Waals surface area contributed by atoms with Gasteiger partial charge in [0.2, 0.25) is 0 Å². The van der Waals surface area contributed by atoms with Crippen LogP contribution in [-0.4, -0.2) is 5.11 Å². The van der Waals surface area contributed by atoms with Crippen LogP contribution >= 0.6 is 0 Å². The van der Waals surface area contributed by atoms with E-state index >= 15 is 0 Å². The first kappa shape index (κ1) is 13.7. The topological polar surface area (TPSA) is 20.2 Å². The fourth-order valence-electron chi connectivity index (χ4n) is 2.13. The predicted molar refractivity (Wildman–Crippen MR) is 70.8 cm³/mol. The van der Waals surface area contributed by atoms with Crippen LogP contribution in [-0.2, 0) is 5.41 Å². The molecule has 0 aliphatic heterocycles. The van der Waals surface area contributed by atoms with Crippen LogP contribution in [0.15, 0.2) is 48.5 Å². The largest absolute Gasteiger partial charge is 0.388 e. The first-order valence-corrected chi connectivity index (χ1v) is 6.11. The van der Waals surface area contributed by atoms with Gasteiger partial charge >= 0.3 is 0 Å². The number of hydrogen-bond donors (Lipinski definition) is 1. The van der Waals surface area contributed by atoms with Gasteiger partial charge in [-0.1, -0.05) is 38.1 Å². The smallest absolute Gasteiger partial charge is 0.123 e. The lowest BCUT2D eigenvalue weighted by Gasteiger charge is -2.31. The molecule has 0 amide bonds. The Morgan fingerprint density at radius 2 is 1.58 bits per heavy atom. The minimum atomic E-state index is -0.867. The number of aliphatic hydroxyl groups excluding tert-OH is 1. The molecule has 0 heterocycles. The first-order valence-electron chi connectivity index (χ1n) is 6.11. The number of aliphatic hydroxyl groups is 1. The molecule has 1 unspecified atom stereocenters. The minimum Gasteiger partial charge on any atom is -0.388 e. The molecule has 0 saturated carbocycles. The number of halogens is 2. The lowest BCUT2D eigenvalue weighted by Crippen LogP contribution is -2.26. The summed E-state index contributed by atoms with van der Waals surface area (Å²) < 4.78 is 26.2. The van der Waals surface area contributed by atoms with Crippen molar-refractivity contribution in [3.05, 3.63) is 71.3 Å². The fourth-order valence-corrected chi connectivity index (χ4v) is 2.13. The van der Waals surface area contributed by atoms with Gasteiger partial charge in [-0.15, -0.1) is 0 Å². The molecule has 100 valence electrons. The van der Waals surface area contributed by atoms with Gasteiger partial charge in [0.25, 0.3) is 0 Å². The summed E-state index contributed by atoms with van der Waals surface area (Å²) in [6.45, 7) is 3.69. The maximum atomic E-state index is 13.2. The highest BCUT2D eigenvalue weighted by Crippen LogP contribution is 2.36. The van der Waals surface area contributed by atoms with Crippen molar-refractivity contribution in [2.75, 3.05) is 0 Å². The summed E-state index contributed by atoms with van der Waals surface area (Å²) in [5.74, 6) is -0.703. The van der Waals surface area contributed by atoms with Crippen molar-refractivity contribution in [1.82, 2.24) is 0 Å². The highest BCUT2D eigenvalue weighted by Gasteiger charge is 2.31. The average molecular weight is 262 g/mol. The first-order chi connectivity index (χ1) is 8.91. The molecule has 2 rings (SSSR count). The summed E-state index contributed by atoms with van der Waals surface area (Å²) in [7, 11) is 0. The van der Waals surface area contributed by atoms with Crippen molar-refractivity contribution in [1.29, 1.82) is 0 Å². The normalized spacial score (nSPS) is 13.3. The van der Waals surface area contributed by atoms with Crippen molar-refractivity contribution in [2.45, 2.75) is 25.4 Å². The van der Waals surface area contributed by atoms with E-state index in [0.29, 0.717) is 5.56 Å². The van der Waals surface area contributed by atoms with E-state index in [4.69, 9.17) is 0 Å². The molecule has 0 fully saturated rings. The molecule has 0 bridgehead atoms. The maximum Gasteiger partial charge on any atom is 0.123 e. The molecular formula is C16H16F2O. The summed E-state index contributed by atoms with van der Waals surface area (Å²) in [4.78, 5) is 0. The molecule has 0 spiro atoms. The molecule has 2 aromatic rings. The second-order valence-corrected chi connectivity index (χ2v) is 5.19. The van der Waals surface area contributed by atoms with Gasteiger partial charge in [0.15, 0.2) is 0 Å². The van der Waals surface area contributed by atoms with E-state index in [1.807, 2.05) is 13.8 Å². The van der Waals surface area contributed by atoms with E-state index in [0.717, 1.165) is 5.56 Å². The Bertz CT molecular complexity index is 561. The summed E-state index contributed by atoms with van der Waals surface area (Å²) >= 11 is 0. The molecular weight excluding hydrogens is 246 g/mol. The Balaban J connectivity index is 2.35. The highest BCUT2D eigenvalue weighted by atomic mass is 19.1. The molecule has 3 heteroatoms. The molecule has 0 aliphatic carbocycles. The number of rotatable bonds is 3. The zero-order valence-corrected chi connectivity index (χ0v) is 10.9. The second kappa shape index (κ2) is 5.10. The Kier molecular flexibility index (Phi) is 3.67. The molecule has 0 radical (unpaired) electrons. The van der Waals surface area contributed by atoms with Crippen molar-refractivity contribution in [2.24, 2.45) is 0 Å². The van der Waals surface area contributed by atoms with Crippen LogP contribution in [0.25, 0.3) is 0 Å². The van der Waals surface area contributed by atoms with Crippen LogP contribution in [0.3, 0.4) is 0 Å².